The van der Waals surface area contributed by atoms with Gasteiger partial charge in [0.2, 0.25) is 5.91 Å². The molecular formula is C16H23N3O2. The molecule has 1 amide bonds. The summed E-state index contributed by atoms with van der Waals surface area (Å²) in [7, 11) is 1.68. The Morgan fingerprint density at radius 1 is 1.29 bits per heavy atom. The van der Waals surface area contributed by atoms with Gasteiger partial charge in [-0.25, -0.2) is 0 Å². The fourth-order valence-corrected chi connectivity index (χ4v) is 3.11. The van der Waals surface area contributed by atoms with Crippen LogP contribution < -0.4 is 15.0 Å². The van der Waals surface area contributed by atoms with Crippen LogP contribution in [-0.4, -0.2) is 56.7 Å². The third kappa shape index (κ3) is 3.13. The first-order valence-electron chi connectivity index (χ1n) is 7.69. The number of rotatable bonds is 3. The largest absolute Gasteiger partial charge is 0.497 e. The van der Waals surface area contributed by atoms with Crippen molar-refractivity contribution < 1.29 is 9.53 Å². The molecule has 0 spiro atoms. The van der Waals surface area contributed by atoms with E-state index < -0.39 is 0 Å². The Hall–Kier alpha value is -1.75. The third-order valence-corrected chi connectivity index (χ3v) is 4.37. The topological polar surface area (TPSA) is 44.8 Å². The average molecular weight is 289 g/mol. The molecule has 1 aromatic rings. The molecule has 0 saturated carbocycles. The normalized spacial score (nSPS) is 22.4. The first-order valence-corrected chi connectivity index (χ1v) is 7.69. The molecule has 2 fully saturated rings. The van der Waals surface area contributed by atoms with Gasteiger partial charge in [-0.3, -0.25) is 4.79 Å². The van der Waals surface area contributed by atoms with Crippen molar-refractivity contribution in [2.45, 2.75) is 18.9 Å². The molecule has 0 aliphatic carbocycles. The highest BCUT2D eigenvalue weighted by Gasteiger charge is 2.29. The number of nitrogens with zero attached hydrogens (tertiary/aromatic N) is 2. The Balaban J connectivity index is 1.58. The average Bonchev–Trinajstić information content (AvgIpc) is 3.09. The summed E-state index contributed by atoms with van der Waals surface area (Å²) in [6, 6.07) is 8.16. The van der Waals surface area contributed by atoms with Crippen molar-refractivity contribution >= 4 is 11.6 Å². The number of ether oxygens (including phenoxy) is 1. The zero-order valence-corrected chi connectivity index (χ0v) is 12.5. The molecule has 2 heterocycles. The maximum absolute atomic E-state index is 12.4. The Labute approximate surface area is 125 Å². The highest BCUT2D eigenvalue weighted by atomic mass is 16.5. The van der Waals surface area contributed by atoms with Crippen LogP contribution in [0, 0.1) is 0 Å². The molecule has 21 heavy (non-hydrogen) atoms. The van der Waals surface area contributed by atoms with Crippen molar-refractivity contribution in [3.8, 4) is 5.75 Å². The van der Waals surface area contributed by atoms with Crippen LogP contribution >= 0.6 is 0 Å². The third-order valence-electron chi connectivity index (χ3n) is 4.37. The van der Waals surface area contributed by atoms with Crippen LogP contribution in [0.3, 0.4) is 0 Å². The molecule has 114 valence electrons. The number of anilines is 1. The van der Waals surface area contributed by atoms with Crippen molar-refractivity contribution in [1.29, 1.82) is 0 Å². The lowest BCUT2D eigenvalue weighted by Gasteiger charge is -2.37. The zero-order valence-electron chi connectivity index (χ0n) is 12.5. The molecule has 1 atom stereocenters. The first kappa shape index (κ1) is 14.2. The predicted octanol–water partition coefficient (Wildman–Crippen LogP) is 1.10. The van der Waals surface area contributed by atoms with Gasteiger partial charge >= 0.3 is 0 Å². The number of nitrogens with one attached hydrogen (secondary N) is 1. The Bertz CT molecular complexity index is 492. The summed E-state index contributed by atoms with van der Waals surface area (Å²) in [4.78, 5) is 16.7. The van der Waals surface area contributed by atoms with Crippen LogP contribution in [0.1, 0.15) is 12.8 Å². The van der Waals surface area contributed by atoms with Gasteiger partial charge in [-0.2, -0.15) is 0 Å². The van der Waals surface area contributed by atoms with Crippen LogP contribution in [-0.2, 0) is 4.79 Å². The molecule has 2 aliphatic heterocycles. The standard InChI is InChI=1S/C16H23N3O2/c1-21-14-5-2-4-13(12-14)18-8-10-19(11-9-18)16(20)15-6-3-7-17-15/h2,4-5,12,15,17H,3,6-11H2,1H3/t15-/m1/s1. The van der Waals surface area contributed by atoms with Crippen LogP contribution in [0.2, 0.25) is 0 Å². The van der Waals surface area contributed by atoms with E-state index >= 15 is 0 Å². The number of hydrogen-bond acceptors (Lipinski definition) is 4. The van der Waals surface area contributed by atoms with Crippen molar-refractivity contribution in [3.05, 3.63) is 24.3 Å². The lowest BCUT2D eigenvalue weighted by atomic mass is 10.1. The second kappa shape index (κ2) is 6.35. The van der Waals surface area contributed by atoms with E-state index in [9.17, 15) is 4.79 Å². The fraction of sp³-hybridized carbons (Fsp3) is 0.562. The molecule has 0 aromatic heterocycles. The van der Waals surface area contributed by atoms with Gasteiger partial charge < -0.3 is 19.9 Å². The van der Waals surface area contributed by atoms with Crippen molar-refractivity contribution in [2.75, 3.05) is 44.7 Å². The van der Waals surface area contributed by atoms with Gasteiger partial charge in [-0.1, -0.05) is 6.07 Å². The molecule has 1 aromatic carbocycles. The van der Waals surface area contributed by atoms with E-state index in [-0.39, 0.29) is 11.9 Å². The van der Waals surface area contributed by atoms with Crippen LogP contribution in [0.15, 0.2) is 24.3 Å². The van der Waals surface area contributed by atoms with Gasteiger partial charge in [0.05, 0.1) is 13.2 Å². The van der Waals surface area contributed by atoms with Gasteiger partial charge in [0.25, 0.3) is 0 Å². The maximum atomic E-state index is 12.4. The lowest BCUT2D eigenvalue weighted by molar-refractivity contribution is -0.133. The second-order valence-electron chi connectivity index (χ2n) is 5.66. The summed E-state index contributed by atoms with van der Waals surface area (Å²) < 4.78 is 5.27. The van der Waals surface area contributed by atoms with E-state index in [0.29, 0.717) is 0 Å². The van der Waals surface area contributed by atoms with E-state index in [1.807, 2.05) is 17.0 Å². The highest BCUT2D eigenvalue weighted by molar-refractivity contribution is 5.82. The summed E-state index contributed by atoms with van der Waals surface area (Å²) in [5.74, 6) is 1.15. The summed E-state index contributed by atoms with van der Waals surface area (Å²) >= 11 is 0. The smallest absolute Gasteiger partial charge is 0.239 e. The number of carbonyl (C=O) groups is 1. The Morgan fingerprint density at radius 3 is 2.76 bits per heavy atom. The van der Waals surface area contributed by atoms with Crippen LogP contribution in [0.5, 0.6) is 5.75 Å². The molecule has 5 heteroatoms. The Morgan fingerprint density at radius 2 is 2.10 bits per heavy atom. The minimum Gasteiger partial charge on any atom is -0.497 e. The second-order valence-corrected chi connectivity index (χ2v) is 5.66. The molecule has 2 aliphatic rings. The molecule has 2 saturated heterocycles. The van der Waals surface area contributed by atoms with Gasteiger partial charge in [0.1, 0.15) is 5.75 Å². The maximum Gasteiger partial charge on any atom is 0.239 e. The number of benzene rings is 1. The molecule has 1 N–H and O–H groups in total. The van der Waals surface area contributed by atoms with E-state index in [1.54, 1.807) is 7.11 Å². The van der Waals surface area contributed by atoms with Crippen molar-refractivity contribution in [2.24, 2.45) is 0 Å². The molecular weight excluding hydrogens is 266 g/mol. The van der Waals surface area contributed by atoms with Gasteiger partial charge in [0, 0.05) is 37.9 Å². The highest BCUT2D eigenvalue weighted by Crippen LogP contribution is 2.22. The molecule has 0 unspecified atom stereocenters. The minimum absolute atomic E-state index is 0.0494. The quantitative estimate of drug-likeness (QED) is 0.905. The SMILES string of the molecule is COc1cccc(N2CCN(C(=O)[C@H]3CCCN3)CC2)c1. The van der Waals surface area contributed by atoms with Gasteiger partial charge in [0.15, 0.2) is 0 Å². The van der Waals surface area contributed by atoms with Gasteiger partial charge in [-0.15, -0.1) is 0 Å². The predicted molar refractivity (Wildman–Crippen MR) is 82.8 cm³/mol. The zero-order chi connectivity index (χ0) is 14.7. The lowest BCUT2D eigenvalue weighted by Crippen LogP contribution is -2.53. The fourth-order valence-electron chi connectivity index (χ4n) is 3.11. The van der Waals surface area contributed by atoms with Crippen molar-refractivity contribution in [1.82, 2.24) is 10.2 Å². The van der Waals surface area contributed by atoms with E-state index in [0.717, 1.165) is 51.3 Å². The summed E-state index contributed by atoms with van der Waals surface area (Å²) in [5, 5.41) is 3.29. The molecule has 3 rings (SSSR count). The molecule has 0 radical (unpaired) electrons. The summed E-state index contributed by atoms with van der Waals surface area (Å²) in [6.07, 6.45) is 2.09. The minimum atomic E-state index is 0.0494. The number of carbonyl (C=O) groups excluding carboxylic acids is 1. The monoisotopic (exact) mass is 289 g/mol. The van der Waals surface area contributed by atoms with Crippen LogP contribution in [0.25, 0.3) is 0 Å². The van der Waals surface area contributed by atoms with E-state index in [1.165, 1.54) is 5.69 Å². The summed E-state index contributed by atoms with van der Waals surface area (Å²) in [5.41, 5.74) is 1.17. The van der Waals surface area contributed by atoms with E-state index in [4.69, 9.17) is 4.74 Å². The summed E-state index contributed by atoms with van der Waals surface area (Å²) in [6.45, 7) is 4.33. The Kier molecular flexibility index (Phi) is 4.29. The number of amides is 1. The van der Waals surface area contributed by atoms with Crippen LogP contribution in [0.4, 0.5) is 5.69 Å². The number of piperazine rings is 1. The van der Waals surface area contributed by atoms with Crippen molar-refractivity contribution in [3.63, 3.8) is 0 Å². The number of hydrogen-bond donors (Lipinski definition) is 1. The van der Waals surface area contributed by atoms with E-state index in [2.05, 4.69) is 22.3 Å². The molecule has 5 nitrogen and oxygen atoms in total. The first-order chi connectivity index (χ1) is 10.3. The number of methoxy groups -OCH3 is 1. The molecule has 0 bridgehead atoms. The van der Waals surface area contributed by atoms with Gasteiger partial charge in [-0.05, 0) is 31.5 Å².